The predicted molar refractivity (Wildman–Crippen MR) is 201 cm³/mol. The molecule has 242 valence electrons. The molecule has 5 atom stereocenters. The summed E-state index contributed by atoms with van der Waals surface area (Å²) in [5.41, 5.74) is 8.47. The number of nitrogens with zero attached hydrogens (tertiary/aromatic N) is 2. The monoisotopic (exact) mass is 641 g/mol. The van der Waals surface area contributed by atoms with Gasteiger partial charge in [-0.25, -0.2) is 0 Å². The van der Waals surface area contributed by atoms with E-state index in [4.69, 9.17) is 0 Å². The molecule has 5 N–H and O–H groups in total. The molecule has 2 aliphatic carbocycles. The molecule has 0 amide bonds. The zero-order chi connectivity index (χ0) is 32.3. The van der Waals surface area contributed by atoms with Crippen molar-refractivity contribution in [3.63, 3.8) is 0 Å². The first kappa shape index (κ1) is 28.7. The maximum atomic E-state index is 3.90. The van der Waals surface area contributed by atoms with Gasteiger partial charge in [-0.15, -0.1) is 0 Å². The van der Waals surface area contributed by atoms with Crippen molar-refractivity contribution in [1.29, 1.82) is 0 Å². The molecule has 0 bridgehead atoms. The van der Waals surface area contributed by atoms with E-state index in [0.29, 0.717) is 5.92 Å². The van der Waals surface area contributed by atoms with Crippen LogP contribution in [0.15, 0.2) is 151 Å². The Balaban J connectivity index is 1.06. The molecular weight excluding hydrogens is 603 g/mol. The fourth-order valence-electron chi connectivity index (χ4n) is 8.33. The molecule has 1 saturated heterocycles. The topological polar surface area (TPSA) is 70.0 Å². The number of hydrogen-bond acceptors (Lipinski definition) is 5. The zero-order valence-electron chi connectivity index (χ0n) is 27.2. The number of allylic oxidation sites excluding steroid dienone is 6. The maximum Gasteiger partial charge on any atom is 0.180 e. The molecule has 0 spiro atoms. The summed E-state index contributed by atoms with van der Waals surface area (Å²) in [6.45, 7) is 0. The van der Waals surface area contributed by atoms with E-state index in [1.54, 1.807) is 0 Å². The van der Waals surface area contributed by atoms with Crippen LogP contribution in [0.25, 0.3) is 49.3 Å². The molecule has 4 heterocycles. The van der Waals surface area contributed by atoms with Gasteiger partial charge in [0.1, 0.15) is 6.17 Å². The molecule has 7 nitrogen and oxygen atoms in total. The normalized spacial score (nSPS) is 25.2. The Morgan fingerprint density at radius 3 is 2.22 bits per heavy atom. The largest absolute Gasteiger partial charge is 0.353 e. The van der Waals surface area contributed by atoms with E-state index in [2.05, 4.69) is 175 Å². The van der Waals surface area contributed by atoms with E-state index in [0.717, 1.165) is 30.6 Å². The average molecular weight is 642 g/mol. The number of hydrogen-bond donors (Lipinski definition) is 5. The molecule has 1 fully saturated rings. The van der Waals surface area contributed by atoms with Crippen molar-refractivity contribution in [1.82, 2.24) is 35.7 Å². The van der Waals surface area contributed by atoms with E-state index in [1.165, 1.54) is 49.2 Å². The van der Waals surface area contributed by atoms with Gasteiger partial charge in [0.25, 0.3) is 0 Å². The number of aromatic nitrogens is 2. The smallest absolute Gasteiger partial charge is 0.180 e. The minimum Gasteiger partial charge on any atom is -0.353 e. The first-order valence-corrected chi connectivity index (χ1v) is 17.5. The molecule has 5 unspecified atom stereocenters. The summed E-state index contributed by atoms with van der Waals surface area (Å²) < 4.78 is 4.83. The second kappa shape index (κ2) is 11.7. The Morgan fingerprint density at radius 2 is 1.41 bits per heavy atom. The van der Waals surface area contributed by atoms with Crippen molar-refractivity contribution in [3.05, 3.63) is 151 Å². The minimum atomic E-state index is -0.158. The van der Waals surface area contributed by atoms with Crippen LogP contribution in [0.5, 0.6) is 0 Å². The van der Waals surface area contributed by atoms with Crippen LogP contribution in [0.1, 0.15) is 25.6 Å². The van der Waals surface area contributed by atoms with Crippen LogP contribution in [0.2, 0.25) is 0 Å². The maximum absolute atomic E-state index is 3.90. The molecule has 49 heavy (non-hydrogen) atoms. The van der Waals surface area contributed by atoms with Gasteiger partial charge in [0.2, 0.25) is 0 Å². The van der Waals surface area contributed by atoms with Crippen molar-refractivity contribution in [2.45, 2.75) is 44.0 Å². The van der Waals surface area contributed by atoms with Crippen LogP contribution >= 0.6 is 0 Å². The molecule has 4 aliphatic rings. The quantitative estimate of drug-likeness (QED) is 0.135. The zero-order valence-corrected chi connectivity index (χ0v) is 27.2. The minimum absolute atomic E-state index is 0.0553. The lowest BCUT2D eigenvalue weighted by Gasteiger charge is -2.43. The third-order valence-corrected chi connectivity index (χ3v) is 10.7. The SMILES string of the molecule is C1=CCCC(C2NC(C3=CNC(n4c5ccccc5c5cc6c7ccccc7n(-c7ccccc7)c6cc54)N3)NC(C3C=CC=CC3)N2)=C1. The van der Waals surface area contributed by atoms with Gasteiger partial charge in [-0.2, -0.15) is 0 Å². The van der Waals surface area contributed by atoms with Crippen LogP contribution in [0.3, 0.4) is 0 Å². The van der Waals surface area contributed by atoms with Gasteiger partial charge < -0.3 is 19.8 Å². The predicted octanol–water partition coefficient (Wildman–Crippen LogP) is 7.55. The van der Waals surface area contributed by atoms with Gasteiger partial charge in [0, 0.05) is 39.4 Å². The van der Waals surface area contributed by atoms with Gasteiger partial charge in [-0.3, -0.25) is 16.0 Å². The highest BCUT2D eigenvalue weighted by Crippen LogP contribution is 2.39. The van der Waals surface area contributed by atoms with Crippen molar-refractivity contribution in [3.8, 4) is 5.69 Å². The number of nitrogens with one attached hydrogen (secondary N) is 5. The average Bonchev–Trinajstić information content (AvgIpc) is 3.87. The van der Waals surface area contributed by atoms with Crippen LogP contribution in [0, 0.1) is 5.92 Å². The van der Waals surface area contributed by atoms with E-state index >= 15 is 0 Å². The molecule has 2 aromatic heterocycles. The highest BCUT2D eigenvalue weighted by atomic mass is 15.4. The summed E-state index contributed by atoms with van der Waals surface area (Å²) >= 11 is 0. The van der Waals surface area contributed by atoms with Crippen molar-refractivity contribution in [2.24, 2.45) is 5.92 Å². The molecule has 10 rings (SSSR count). The van der Waals surface area contributed by atoms with E-state index in [1.807, 2.05) is 0 Å². The molecule has 6 aromatic rings. The third kappa shape index (κ3) is 4.76. The van der Waals surface area contributed by atoms with Crippen LogP contribution in [0.4, 0.5) is 0 Å². The molecule has 2 aliphatic heterocycles. The number of benzene rings is 4. The summed E-state index contributed by atoms with van der Waals surface area (Å²) in [7, 11) is 0. The van der Waals surface area contributed by atoms with Crippen LogP contribution < -0.4 is 26.6 Å². The molecule has 7 heteroatoms. The lowest BCUT2D eigenvalue weighted by Crippen LogP contribution is -2.70. The Labute approximate surface area is 285 Å². The lowest BCUT2D eigenvalue weighted by atomic mass is 9.94. The summed E-state index contributed by atoms with van der Waals surface area (Å²) in [6.07, 6.45) is 20.9. The lowest BCUT2D eigenvalue weighted by molar-refractivity contribution is 0.195. The second-order valence-corrected chi connectivity index (χ2v) is 13.5. The van der Waals surface area contributed by atoms with Crippen LogP contribution in [-0.4, -0.2) is 27.6 Å². The second-order valence-electron chi connectivity index (χ2n) is 13.5. The Hall–Kier alpha value is -5.34. The molecular formula is C42H39N7. The fourth-order valence-corrected chi connectivity index (χ4v) is 8.33. The van der Waals surface area contributed by atoms with E-state index in [9.17, 15) is 0 Å². The van der Waals surface area contributed by atoms with Crippen LogP contribution in [-0.2, 0) is 0 Å². The van der Waals surface area contributed by atoms with Gasteiger partial charge >= 0.3 is 0 Å². The summed E-state index contributed by atoms with van der Waals surface area (Å²) in [5, 5.41) is 24.3. The summed E-state index contributed by atoms with van der Waals surface area (Å²) in [6, 6.07) is 33.0. The number of para-hydroxylation sites is 3. The van der Waals surface area contributed by atoms with Gasteiger partial charge in [-0.05, 0) is 61.2 Å². The van der Waals surface area contributed by atoms with Gasteiger partial charge in [0.05, 0.1) is 40.1 Å². The first-order valence-electron chi connectivity index (χ1n) is 17.5. The third-order valence-electron chi connectivity index (χ3n) is 10.7. The summed E-state index contributed by atoms with van der Waals surface area (Å²) in [5.74, 6) is 0.374. The Kier molecular flexibility index (Phi) is 6.82. The Morgan fingerprint density at radius 1 is 0.633 bits per heavy atom. The molecule has 4 aromatic carbocycles. The number of rotatable bonds is 5. The highest BCUT2D eigenvalue weighted by molar-refractivity contribution is 6.18. The highest BCUT2D eigenvalue weighted by Gasteiger charge is 2.36. The van der Waals surface area contributed by atoms with Crippen molar-refractivity contribution >= 4 is 43.6 Å². The van der Waals surface area contributed by atoms with Gasteiger partial charge in [-0.1, -0.05) is 97.1 Å². The van der Waals surface area contributed by atoms with Gasteiger partial charge in [0.15, 0.2) is 6.29 Å². The van der Waals surface area contributed by atoms with Crippen molar-refractivity contribution in [2.75, 3.05) is 0 Å². The summed E-state index contributed by atoms with van der Waals surface area (Å²) in [4.78, 5) is 0. The van der Waals surface area contributed by atoms with E-state index in [-0.39, 0.29) is 24.8 Å². The molecule has 0 radical (unpaired) electrons. The Bertz CT molecular complexity index is 2390. The van der Waals surface area contributed by atoms with E-state index < -0.39 is 0 Å². The number of fused-ring (bicyclic) bond motifs is 6. The standard InChI is InChI=1S/C42H39N7/c1-4-14-27(15-5-1)39-45-40(28-16-6-2-7-17-28)47-41(46-39)34-26-43-42(44-34)49-36-23-13-11-21-31(36)33-24-32-30-20-10-12-22-35(30)48(37(32)25-38(33)49)29-18-8-3-9-19-29/h1-6,8-14,16,18-27,39-47H,7,15,17H2. The molecule has 0 saturated carbocycles. The fraction of sp³-hybridized carbons (Fsp3) is 0.190. The van der Waals surface area contributed by atoms with Crippen molar-refractivity contribution < 1.29 is 0 Å². The first-order chi connectivity index (χ1) is 24.3.